The van der Waals surface area contributed by atoms with Crippen molar-refractivity contribution in [1.82, 2.24) is 4.98 Å². The molecule has 0 unspecified atom stereocenters. The lowest BCUT2D eigenvalue weighted by Crippen LogP contribution is -2.37. The van der Waals surface area contributed by atoms with Crippen molar-refractivity contribution in [3.63, 3.8) is 0 Å². The molecule has 112 valence electrons. The number of anilines is 1. The van der Waals surface area contributed by atoms with Gasteiger partial charge < -0.3 is 23.5 Å². The van der Waals surface area contributed by atoms with Crippen LogP contribution in [0.2, 0.25) is 0 Å². The third-order valence-electron chi connectivity index (χ3n) is 3.80. The molecule has 6 heteroatoms. The summed E-state index contributed by atoms with van der Waals surface area (Å²) in [7, 11) is 0. The van der Waals surface area contributed by atoms with Gasteiger partial charge in [0.05, 0.1) is 19.8 Å². The number of benzene rings is 1. The Hall–Kier alpha value is -1.79. The Kier molecular flexibility index (Phi) is 3.40. The van der Waals surface area contributed by atoms with E-state index in [-0.39, 0.29) is 6.10 Å². The van der Waals surface area contributed by atoms with Crippen LogP contribution in [0.3, 0.4) is 0 Å². The second-order valence-corrected chi connectivity index (χ2v) is 5.35. The smallest absolute Gasteiger partial charge is 0.298 e. The summed E-state index contributed by atoms with van der Waals surface area (Å²) in [6, 6.07) is 6.43. The van der Waals surface area contributed by atoms with E-state index in [4.69, 9.17) is 18.6 Å². The van der Waals surface area contributed by atoms with E-state index >= 15 is 0 Å². The van der Waals surface area contributed by atoms with Crippen LogP contribution in [0.5, 0.6) is 5.75 Å². The van der Waals surface area contributed by atoms with Gasteiger partial charge in [-0.3, -0.25) is 0 Å². The van der Waals surface area contributed by atoms with Crippen molar-refractivity contribution >= 4 is 17.1 Å². The first-order chi connectivity index (χ1) is 10.4. The average Bonchev–Trinajstić information content (AvgIpc) is 2.86. The maximum atomic E-state index is 5.78. The first-order valence-corrected chi connectivity index (χ1v) is 7.36. The molecule has 2 saturated heterocycles. The molecule has 1 atom stereocenters. The molecule has 0 bridgehead atoms. The minimum absolute atomic E-state index is 0.000761. The van der Waals surface area contributed by atoms with E-state index in [0.717, 1.165) is 29.9 Å². The van der Waals surface area contributed by atoms with Gasteiger partial charge >= 0.3 is 0 Å². The highest BCUT2D eigenvalue weighted by atomic mass is 16.6. The molecule has 0 N–H and O–H groups in total. The second kappa shape index (κ2) is 5.54. The minimum Gasteiger partial charge on any atom is -0.491 e. The molecular weight excluding hydrogens is 272 g/mol. The van der Waals surface area contributed by atoms with Gasteiger partial charge in [0.2, 0.25) is 0 Å². The van der Waals surface area contributed by atoms with Crippen LogP contribution in [0, 0.1) is 0 Å². The lowest BCUT2D eigenvalue weighted by Gasteiger charge is -2.28. The van der Waals surface area contributed by atoms with E-state index in [9.17, 15) is 0 Å². The molecule has 3 heterocycles. The van der Waals surface area contributed by atoms with Crippen molar-refractivity contribution in [1.29, 1.82) is 0 Å². The maximum Gasteiger partial charge on any atom is 0.298 e. The number of hydrogen-bond donors (Lipinski definition) is 0. The van der Waals surface area contributed by atoms with Crippen LogP contribution < -0.4 is 9.64 Å². The molecule has 21 heavy (non-hydrogen) atoms. The number of ether oxygens (including phenoxy) is 3. The van der Waals surface area contributed by atoms with Gasteiger partial charge in [0.25, 0.3) is 6.01 Å². The molecule has 1 aromatic heterocycles. The average molecular weight is 290 g/mol. The molecule has 2 aliphatic heterocycles. The molecule has 4 rings (SSSR count). The number of oxazole rings is 1. The van der Waals surface area contributed by atoms with Gasteiger partial charge in [0.15, 0.2) is 5.58 Å². The number of hydrogen-bond acceptors (Lipinski definition) is 6. The third-order valence-corrected chi connectivity index (χ3v) is 3.80. The first-order valence-electron chi connectivity index (χ1n) is 7.36. The van der Waals surface area contributed by atoms with Crippen LogP contribution in [-0.4, -0.2) is 50.6 Å². The molecule has 2 aliphatic rings. The molecule has 0 saturated carbocycles. The monoisotopic (exact) mass is 290 g/mol. The van der Waals surface area contributed by atoms with Gasteiger partial charge in [-0.05, 0) is 18.6 Å². The lowest BCUT2D eigenvalue weighted by atomic mass is 10.2. The Bertz CT molecular complexity index is 617. The fraction of sp³-hybridized carbons (Fsp3) is 0.533. The SMILES string of the molecule is c1cc2nc(N3CCC3)oc2cc1OC[C@H]1COCCO1. The predicted molar refractivity (Wildman–Crippen MR) is 76.9 cm³/mol. The van der Waals surface area contributed by atoms with Crippen molar-refractivity contribution in [2.24, 2.45) is 0 Å². The minimum atomic E-state index is 0.000761. The molecule has 0 radical (unpaired) electrons. The highest BCUT2D eigenvalue weighted by Gasteiger charge is 2.20. The molecule has 6 nitrogen and oxygen atoms in total. The molecule has 2 aromatic rings. The van der Waals surface area contributed by atoms with Crippen molar-refractivity contribution in [3.05, 3.63) is 18.2 Å². The number of aromatic nitrogens is 1. The Morgan fingerprint density at radius 2 is 2.24 bits per heavy atom. The summed E-state index contributed by atoms with van der Waals surface area (Å²) in [5, 5.41) is 0. The van der Waals surface area contributed by atoms with E-state index in [2.05, 4.69) is 9.88 Å². The summed E-state index contributed by atoms with van der Waals surface area (Å²) >= 11 is 0. The summed E-state index contributed by atoms with van der Waals surface area (Å²) in [6.45, 7) is 4.42. The predicted octanol–water partition coefficient (Wildman–Crippen LogP) is 1.83. The van der Waals surface area contributed by atoms with Crippen molar-refractivity contribution in [3.8, 4) is 5.75 Å². The summed E-state index contributed by atoms with van der Waals surface area (Å²) in [5.74, 6) is 0.767. The number of rotatable bonds is 4. The van der Waals surface area contributed by atoms with Gasteiger partial charge in [0.1, 0.15) is 24.0 Å². The standard InChI is InChI=1S/C15H18N2O4/c1-4-17(5-1)15-16-13-3-2-11(8-14(13)21-15)20-10-12-9-18-6-7-19-12/h2-3,8,12H,1,4-7,9-10H2/t12-/m1/s1. The van der Waals surface area contributed by atoms with Crippen molar-refractivity contribution in [2.75, 3.05) is 44.4 Å². The summed E-state index contributed by atoms with van der Waals surface area (Å²) in [5.41, 5.74) is 1.62. The maximum absolute atomic E-state index is 5.78. The van der Waals surface area contributed by atoms with E-state index in [1.807, 2.05) is 18.2 Å². The van der Waals surface area contributed by atoms with Crippen molar-refractivity contribution < 1.29 is 18.6 Å². The Labute approximate surface area is 122 Å². The zero-order valence-corrected chi connectivity index (χ0v) is 11.8. The Morgan fingerprint density at radius 3 is 3.00 bits per heavy atom. The van der Waals surface area contributed by atoms with Crippen LogP contribution in [0.4, 0.5) is 6.01 Å². The third kappa shape index (κ3) is 2.69. The van der Waals surface area contributed by atoms with Gasteiger partial charge in [-0.15, -0.1) is 0 Å². The lowest BCUT2D eigenvalue weighted by molar-refractivity contribution is -0.101. The van der Waals surface area contributed by atoms with E-state index < -0.39 is 0 Å². The fourth-order valence-electron chi connectivity index (χ4n) is 2.45. The molecular formula is C15H18N2O4. The highest BCUT2D eigenvalue weighted by molar-refractivity contribution is 5.76. The zero-order valence-electron chi connectivity index (χ0n) is 11.8. The van der Waals surface area contributed by atoms with Crippen LogP contribution in [0.15, 0.2) is 22.6 Å². The van der Waals surface area contributed by atoms with Crippen LogP contribution in [0.25, 0.3) is 11.1 Å². The van der Waals surface area contributed by atoms with Gasteiger partial charge in [-0.2, -0.15) is 4.98 Å². The molecule has 2 fully saturated rings. The molecule has 0 aliphatic carbocycles. The Balaban J connectivity index is 1.45. The fourth-order valence-corrected chi connectivity index (χ4v) is 2.45. The Morgan fingerprint density at radius 1 is 1.29 bits per heavy atom. The van der Waals surface area contributed by atoms with E-state index in [1.54, 1.807) is 0 Å². The van der Waals surface area contributed by atoms with Gasteiger partial charge in [-0.25, -0.2) is 0 Å². The van der Waals surface area contributed by atoms with Crippen LogP contribution >= 0.6 is 0 Å². The zero-order chi connectivity index (χ0) is 14.1. The summed E-state index contributed by atoms with van der Waals surface area (Å²) in [6.07, 6.45) is 1.21. The highest BCUT2D eigenvalue weighted by Crippen LogP contribution is 2.27. The van der Waals surface area contributed by atoms with Crippen LogP contribution in [-0.2, 0) is 9.47 Å². The molecule has 0 spiro atoms. The normalized spacial score (nSPS) is 22.3. The van der Waals surface area contributed by atoms with Crippen LogP contribution in [0.1, 0.15) is 6.42 Å². The molecule has 1 aromatic carbocycles. The van der Waals surface area contributed by atoms with E-state index in [0.29, 0.717) is 32.4 Å². The van der Waals surface area contributed by atoms with Crippen molar-refractivity contribution in [2.45, 2.75) is 12.5 Å². The van der Waals surface area contributed by atoms with Gasteiger partial charge in [-0.1, -0.05) is 0 Å². The largest absolute Gasteiger partial charge is 0.491 e. The van der Waals surface area contributed by atoms with E-state index in [1.165, 1.54) is 6.42 Å². The quantitative estimate of drug-likeness (QED) is 0.856. The summed E-state index contributed by atoms with van der Waals surface area (Å²) in [4.78, 5) is 6.62. The summed E-state index contributed by atoms with van der Waals surface area (Å²) < 4.78 is 22.4. The topological polar surface area (TPSA) is 57.0 Å². The first kappa shape index (κ1) is 12.9. The molecule has 0 amide bonds. The number of fused-ring (bicyclic) bond motifs is 1. The number of nitrogens with zero attached hydrogens (tertiary/aromatic N) is 2. The second-order valence-electron chi connectivity index (χ2n) is 5.35. The van der Waals surface area contributed by atoms with Gasteiger partial charge in [0, 0.05) is 19.2 Å².